The smallest absolute Gasteiger partial charge is 0.240 e. The highest BCUT2D eigenvalue weighted by Gasteiger charge is 2.13. The summed E-state index contributed by atoms with van der Waals surface area (Å²) < 4.78 is 15.5. The third-order valence-corrected chi connectivity index (χ3v) is 4.29. The fourth-order valence-electron chi connectivity index (χ4n) is 2.58. The zero-order chi connectivity index (χ0) is 16.9. The first-order chi connectivity index (χ1) is 11.7. The molecule has 0 fully saturated rings. The third kappa shape index (κ3) is 3.59. The highest BCUT2D eigenvalue weighted by molar-refractivity contribution is 7.97. The van der Waals surface area contributed by atoms with Gasteiger partial charge < -0.3 is 9.88 Å². The lowest BCUT2D eigenvalue weighted by Gasteiger charge is -2.10. The van der Waals surface area contributed by atoms with Crippen molar-refractivity contribution >= 4 is 28.7 Å². The van der Waals surface area contributed by atoms with E-state index in [4.69, 9.17) is 0 Å². The van der Waals surface area contributed by atoms with Gasteiger partial charge in [-0.3, -0.25) is 4.79 Å². The number of fused-ring (bicyclic) bond motifs is 1. The molecule has 0 unspecified atom stereocenters. The van der Waals surface area contributed by atoms with Crippen LogP contribution in [0.2, 0.25) is 0 Å². The average Bonchev–Trinajstić information content (AvgIpc) is 2.92. The van der Waals surface area contributed by atoms with E-state index in [0.717, 1.165) is 22.6 Å². The van der Waals surface area contributed by atoms with Crippen molar-refractivity contribution in [3.63, 3.8) is 0 Å². The molecule has 1 amide bonds. The molecule has 1 heterocycles. The van der Waals surface area contributed by atoms with Crippen molar-refractivity contribution in [1.29, 1.82) is 0 Å². The summed E-state index contributed by atoms with van der Waals surface area (Å²) in [5.41, 5.74) is 2.29. The van der Waals surface area contributed by atoms with Crippen LogP contribution in [0.3, 0.4) is 0 Å². The van der Waals surface area contributed by atoms with Crippen LogP contribution in [0.4, 0.5) is 4.39 Å². The summed E-state index contributed by atoms with van der Waals surface area (Å²) in [6, 6.07) is 14.2. The van der Waals surface area contributed by atoms with Crippen LogP contribution in [0.5, 0.6) is 0 Å². The molecule has 0 spiro atoms. The van der Waals surface area contributed by atoms with E-state index in [1.807, 2.05) is 35.1 Å². The number of nitrogens with zero attached hydrogens (tertiary/aromatic N) is 2. The van der Waals surface area contributed by atoms with Gasteiger partial charge in [-0.05, 0) is 24.5 Å². The molecule has 6 heteroatoms. The first kappa shape index (κ1) is 16.5. The van der Waals surface area contributed by atoms with Gasteiger partial charge in [0.1, 0.15) is 18.2 Å². The Morgan fingerprint density at radius 3 is 2.75 bits per heavy atom. The van der Waals surface area contributed by atoms with E-state index in [0.29, 0.717) is 5.56 Å². The Balaban J connectivity index is 1.75. The lowest BCUT2D eigenvalue weighted by molar-refractivity contribution is -0.121. The molecule has 0 saturated heterocycles. The quantitative estimate of drug-likeness (QED) is 0.747. The van der Waals surface area contributed by atoms with Crippen LogP contribution >= 0.6 is 11.8 Å². The van der Waals surface area contributed by atoms with Crippen molar-refractivity contribution in [3.8, 4) is 0 Å². The number of carbonyl (C=O) groups is 1. The Morgan fingerprint density at radius 1 is 1.21 bits per heavy atom. The number of amides is 1. The Hall–Kier alpha value is -2.34. The van der Waals surface area contributed by atoms with E-state index in [1.54, 1.807) is 30.0 Å². The van der Waals surface area contributed by atoms with Crippen LogP contribution in [0.25, 0.3) is 11.0 Å². The summed E-state index contributed by atoms with van der Waals surface area (Å²) in [7, 11) is 0. The van der Waals surface area contributed by atoms with Gasteiger partial charge in [-0.1, -0.05) is 30.3 Å². The van der Waals surface area contributed by atoms with E-state index in [1.165, 1.54) is 6.07 Å². The second-order valence-corrected chi connectivity index (χ2v) is 6.27. The van der Waals surface area contributed by atoms with Crippen LogP contribution in [-0.4, -0.2) is 21.7 Å². The van der Waals surface area contributed by atoms with Crippen molar-refractivity contribution in [2.45, 2.75) is 18.8 Å². The van der Waals surface area contributed by atoms with Gasteiger partial charge in [0.15, 0.2) is 0 Å². The molecule has 0 aliphatic heterocycles. The van der Waals surface area contributed by atoms with Crippen LogP contribution < -0.4 is 5.32 Å². The van der Waals surface area contributed by atoms with Crippen LogP contribution in [0.1, 0.15) is 11.4 Å². The minimum Gasteiger partial charge on any atom is -0.350 e. The number of aromatic nitrogens is 2. The van der Waals surface area contributed by atoms with E-state index in [-0.39, 0.29) is 24.8 Å². The number of halogens is 1. The highest BCUT2D eigenvalue weighted by atomic mass is 32.2. The maximum Gasteiger partial charge on any atom is 0.240 e. The monoisotopic (exact) mass is 343 g/mol. The lowest BCUT2D eigenvalue weighted by atomic mass is 10.2. The molecule has 0 aliphatic carbocycles. The molecule has 4 nitrogen and oxygen atoms in total. The number of benzene rings is 2. The zero-order valence-corrected chi connectivity index (χ0v) is 14.1. The number of carbonyl (C=O) groups excluding carboxylic acids is 1. The Labute approximate surface area is 144 Å². The molecule has 3 aromatic rings. The van der Waals surface area contributed by atoms with E-state index in [2.05, 4.69) is 10.3 Å². The van der Waals surface area contributed by atoms with Gasteiger partial charge in [-0.25, -0.2) is 9.37 Å². The number of hydrogen-bond donors (Lipinski definition) is 1. The molecular weight excluding hydrogens is 325 g/mol. The minimum absolute atomic E-state index is 0.163. The number of thioether (sulfide) groups is 1. The summed E-state index contributed by atoms with van der Waals surface area (Å²) in [5, 5.41) is 2.78. The van der Waals surface area contributed by atoms with E-state index >= 15 is 0 Å². The first-order valence-corrected chi connectivity index (χ1v) is 9.01. The second-order valence-electron chi connectivity index (χ2n) is 5.40. The van der Waals surface area contributed by atoms with Gasteiger partial charge in [0.25, 0.3) is 0 Å². The topological polar surface area (TPSA) is 46.9 Å². The Bertz CT molecular complexity index is 862. The minimum atomic E-state index is -0.311. The molecule has 2 aromatic carbocycles. The van der Waals surface area contributed by atoms with Crippen molar-refractivity contribution in [3.05, 3.63) is 65.7 Å². The van der Waals surface area contributed by atoms with Crippen molar-refractivity contribution < 1.29 is 9.18 Å². The van der Waals surface area contributed by atoms with Crippen molar-refractivity contribution in [1.82, 2.24) is 14.9 Å². The Morgan fingerprint density at radius 2 is 1.96 bits per heavy atom. The first-order valence-electron chi connectivity index (χ1n) is 7.62. The molecule has 1 N–H and O–H groups in total. The highest BCUT2D eigenvalue weighted by Crippen LogP contribution is 2.18. The van der Waals surface area contributed by atoms with Gasteiger partial charge in [0, 0.05) is 12.1 Å². The molecule has 0 radical (unpaired) electrons. The second kappa shape index (κ2) is 7.49. The summed E-state index contributed by atoms with van der Waals surface area (Å²) >= 11 is 1.66. The molecule has 0 aliphatic rings. The molecule has 0 bridgehead atoms. The summed E-state index contributed by atoms with van der Waals surface area (Å²) in [6.07, 6.45) is 2.00. The van der Waals surface area contributed by atoms with Gasteiger partial charge in [-0.2, -0.15) is 11.8 Å². The van der Waals surface area contributed by atoms with Gasteiger partial charge >= 0.3 is 0 Å². The van der Waals surface area contributed by atoms with Gasteiger partial charge in [0.05, 0.1) is 16.8 Å². The number of rotatable bonds is 6. The van der Waals surface area contributed by atoms with Crippen molar-refractivity contribution in [2.24, 2.45) is 0 Å². The number of para-hydroxylation sites is 2. The normalized spacial score (nSPS) is 10.9. The van der Waals surface area contributed by atoms with Crippen molar-refractivity contribution in [2.75, 3.05) is 6.26 Å². The molecule has 0 atom stereocenters. The predicted molar refractivity (Wildman–Crippen MR) is 95.2 cm³/mol. The fraction of sp³-hybridized carbons (Fsp3) is 0.222. The maximum absolute atomic E-state index is 13.6. The van der Waals surface area contributed by atoms with E-state index < -0.39 is 0 Å². The lowest BCUT2D eigenvalue weighted by Crippen LogP contribution is -2.28. The summed E-state index contributed by atoms with van der Waals surface area (Å²) in [4.78, 5) is 16.9. The third-order valence-electron chi connectivity index (χ3n) is 3.74. The molecular formula is C18H18FN3OS. The molecule has 3 rings (SSSR count). The molecule has 1 aromatic heterocycles. The SMILES string of the molecule is CSCc1nc2ccccc2n1CC(=O)NCc1ccccc1F. The van der Waals surface area contributed by atoms with E-state index in [9.17, 15) is 9.18 Å². The van der Waals surface area contributed by atoms with Crippen LogP contribution in [-0.2, 0) is 23.6 Å². The summed E-state index contributed by atoms with van der Waals surface area (Å²) in [5.74, 6) is 1.12. The number of nitrogens with one attached hydrogen (secondary N) is 1. The zero-order valence-electron chi connectivity index (χ0n) is 13.3. The maximum atomic E-state index is 13.6. The van der Waals surface area contributed by atoms with Gasteiger partial charge in [-0.15, -0.1) is 0 Å². The number of imidazole rings is 1. The predicted octanol–water partition coefficient (Wildman–Crippen LogP) is 3.35. The Kier molecular flexibility index (Phi) is 5.15. The molecule has 0 saturated carbocycles. The summed E-state index contributed by atoms with van der Waals surface area (Å²) in [6.45, 7) is 0.348. The average molecular weight is 343 g/mol. The fourth-order valence-corrected chi connectivity index (χ4v) is 3.05. The standard InChI is InChI=1S/C18H18FN3OS/c1-24-12-17-21-15-8-4-5-9-16(15)22(17)11-18(23)20-10-13-6-2-3-7-14(13)19/h2-9H,10-12H2,1H3,(H,20,23). The van der Waals surface area contributed by atoms with Crippen LogP contribution in [0.15, 0.2) is 48.5 Å². The molecule has 24 heavy (non-hydrogen) atoms. The van der Waals surface area contributed by atoms with Gasteiger partial charge in [0.2, 0.25) is 5.91 Å². The molecule has 124 valence electrons. The van der Waals surface area contributed by atoms with Crippen LogP contribution in [0, 0.1) is 5.82 Å². The largest absolute Gasteiger partial charge is 0.350 e. The number of hydrogen-bond acceptors (Lipinski definition) is 3.